The summed E-state index contributed by atoms with van der Waals surface area (Å²) < 4.78 is 13.8. The number of aromatic amines is 3. The predicted molar refractivity (Wildman–Crippen MR) is 363 cm³/mol. The first kappa shape index (κ1) is 64.8. The summed E-state index contributed by atoms with van der Waals surface area (Å²) in [5.74, 6) is 2.84. The first-order chi connectivity index (χ1) is 45.5. The first-order valence-corrected chi connectivity index (χ1v) is 34.4. The lowest BCUT2D eigenvalue weighted by molar-refractivity contribution is -0.0365. The van der Waals surface area contributed by atoms with Crippen LogP contribution in [0.2, 0.25) is 0 Å². The molecule has 0 spiro atoms. The van der Waals surface area contributed by atoms with Gasteiger partial charge in [0.15, 0.2) is 17.9 Å². The number of hydrogen-bond donors (Lipinski definition) is 7. The van der Waals surface area contributed by atoms with Crippen LogP contribution in [0.5, 0.6) is 0 Å². The Morgan fingerprint density at radius 3 is 1.77 bits per heavy atom. The third-order valence-corrected chi connectivity index (χ3v) is 20.7. The molecule has 8 N–H and O–H groups in total. The number of rotatable bonds is 15. The summed E-state index contributed by atoms with van der Waals surface area (Å²) in [5.41, 5.74) is 17.9. The van der Waals surface area contributed by atoms with E-state index < -0.39 is 5.60 Å². The number of hydrogen-bond acceptors (Lipinski definition) is 16. The monoisotopic (exact) mass is 1280 g/mol. The maximum absolute atomic E-state index is 13.4. The fourth-order valence-electron chi connectivity index (χ4n) is 15.0. The number of amides is 3. The molecule has 94 heavy (non-hydrogen) atoms. The lowest BCUT2D eigenvalue weighted by atomic mass is 9.84. The Balaban J connectivity index is 0.000000155. The number of benzene rings is 2. The number of ether oxygens (including phenoxy) is 2. The van der Waals surface area contributed by atoms with Gasteiger partial charge in [0.05, 0.1) is 30.0 Å². The molecule has 498 valence electrons. The number of nitrogens with zero attached hydrogens (tertiary/aromatic N) is 11. The second kappa shape index (κ2) is 28.2. The van der Waals surface area contributed by atoms with Gasteiger partial charge >= 0.3 is 6.09 Å². The Morgan fingerprint density at radius 2 is 1.24 bits per heavy atom. The van der Waals surface area contributed by atoms with Crippen molar-refractivity contribution in [2.75, 3.05) is 78.6 Å². The number of H-pyrrole nitrogens is 3. The Kier molecular flexibility index (Phi) is 19.4. The van der Waals surface area contributed by atoms with E-state index in [0.29, 0.717) is 72.0 Å². The van der Waals surface area contributed by atoms with Crippen LogP contribution in [0.3, 0.4) is 0 Å². The minimum Gasteiger partial charge on any atom is -0.444 e. The molecular formula is C71H94N18O5. The zero-order chi connectivity index (χ0) is 65.2. The lowest BCUT2D eigenvalue weighted by Crippen LogP contribution is -2.57. The Morgan fingerprint density at radius 1 is 0.681 bits per heavy atom. The van der Waals surface area contributed by atoms with E-state index in [9.17, 15) is 14.4 Å². The molecule has 8 aromatic rings. The van der Waals surface area contributed by atoms with Crippen molar-refractivity contribution >= 4 is 39.7 Å². The number of nitrogens with one attached hydrogen (secondary N) is 6. The van der Waals surface area contributed by atoms with Gasteiger partial charge in [-0.15, -0.1) is 0 Å². The van der Waals surface area contributed by atoms with Crippen LogP contribution in [0, 0.1) is 31.6 Å². The van der Waals surface area contributed by atoms with E-state index in [1.54, 1.807) is 17.3 Å². The molecule has 6 bridgehead atoms. The van der Waals surface area contributed by atoms with Crippen LogP contribution in [0.25, 0.3) is 67.1 Å². The smallest absolute Gasteiger partial charge is 0.410 e. The summed E-state index contributed by atoms with van der Waals surface area (Å²) in [7, 11) is 0. The number of imidazole rings is 2. The summed E-state index contributed by atoms with van der Waals surface area (Å²) in [6, 6.07) is 13.4. The zero-order valence-corrected chi connectivity index (χ0v) is 55.8. The molecule has 2 aromatic carbocycles. The fourth-order valence-corrected chi connectivity index (χ4v) is 15.0. The quantitative estimate of drug-likeness (QED) is 0.0503. The minimum absolute atomic E-state index is 0.104. The van der Waals surface area contributed by atoms with Crippen molar-refractivity contribution in [1.82, 2.24) is 85.4 Å². The van der Waals surface area contributed by atoms with Gasteiger partial charge in [-0.2, -0.15) is 10.2 Å². The average molecular weight is 1280 g/mol. The van der Waals surface area contributed by atoms with Crippen LogP contribution in [0.4, 0.5) is 4.79 Å². The van der Waals surface area contributed by atoms with Crippen molar-refractivity contribution in [1.29, 1.82) is 0 Å². The molecular weight excluding hydrogens is 1180 g/mol. The van der Waals surface area contributed by atoms with Crippen molar-refractivity contribution in [3.8, 4) is 45.3 Å². The molecule has 23 heteroatoms. The van der Waals surface area contributed by atoms with E-state index in [1.165, 1.54) is 37.1 Å². The van der Waals surface area contributed by atoms with Gasteiger partial charge in [-0.1, -0.05) is 19.1 Å². The molecule has 16 heterocycles. The van der Waals surface area contributed by atoms with Crippen molar-refractivity contribution in [3.63, 3.8) is 0 Å². The number of aromatic nitrogens is 10. The highest BCUT2D eigenvalue weighted by Gasteiger charge is 2.38. The average Bonchev–Trinajstić information content (AvgIpc) is 1.60. The highest BCUT2D eigenvalue weighted by atomic mass is 16.6. The molecule has 6 aromatic heterocycles. The molecule has 10 saturated heterocycles. The number of carbonyl (C=O) groups is 3. The highest BCUT2D eigenvalue weighted by Crippen LogP contribution is 2.38. The van der Waals surface area contributed by atoms with Crippen LogP contribution < -0.4 is 21.7 Å². The van der Waals surface area contributed by atoms with Crippen molar-refractivity contribution in [2.24, 2.45) is 23.5 Å². The van der Waals surface area contributed by atoms with Crippen LogP contribution in [0.15, 0.2) is 73.6 Å². The number of nitrogens with two attached hydrogens (primary N) is 1. The molecule has 10 aliphatic rings. The van der Waals surface area contributed by atoms with Crippen molar-refractivity contribution < 1.29 is 23.9 Å². The fraction of sp³-hybridized carbons (Fsp3) is 0.535. The molecule has 0 radical (unpaired) electrons. The normalized spacial score (nSPS) is 24.5. The van der Waals surface area contributed by atoms with E-state index in [1.807, 2.05) is 63.2 Å². The summed E-state index contributed by atoms with van der Waals surface area (Å²) >= 11 is 0. The summed E-state index contributed by atoms with van der Waals surface area (Å²) in [4.78, 5) is 73.0. The molecule has 18 rings (SSSR count). The van der Waals surface area contributed by atoms with Crippen molar-refractivity contribution in [2.45, 2.75) is 149 Å². The molecule has 0 aliphatic carbocycles. The molecule has 10 fully saturated rings. The maximum atomic E-state index is 13.4. The molecule has 0 saturated carbocycles. The van der Waals surface area contributed by atoms with Gasteiger partial charge in [-0.25, -0.2) is 19.4 Å². The van der Waals surface area contributed by atoms with Crippen LogP contribution >= 0.6 is 0 Å². The zero-order valence-electron chi connectivity index (χ0n) is 55.8. The van der Waals surface area contributed by atoms with Crippen LogP contribution in [-0.2, 0) is 22.6 Å². The maximum Gasteiger partial charge on any atom is 0.410 e. The third kappa shape index (κ3) is 14.2. The number of pyridine rings is 2. The molecule has 4 atom stereocenters. The molecule has 23 nitrogen and oxygen atoms in total. The van der Waals surface area contributed by atoms with E-state index >= 15 is 0 Å². The van der Waals surface area contributed by atoms with Crippen molar-refractivity contribution in [3.05, 3.63) is 107 Å². The van der Waals surface area contributed by atoms with Gasteiger partial charge in [-0.05, 0) is 221 Å². The second-order valence-corrected chi connectivity index (χ2v) is 27.9. The largest absolute Gasteiger partial charge is 0.444 e. The number of carbonyl (C=O) groups excluding carboxylic acids is 3. The SMILES string of the molecule is CCN(Cc1cncc(-c2ccc3c(c2)c(-c2ncc(C(=O)N[C@H]4CN5CCC4CC5)[nH]2)nn3C2CCCCO2)c1C)C(=O)OC(C)(C)C.CCNCc1cncc(-c2ccc3[nH]nc(-c4ncc(C(=O)N[C@H]5CN6CCC5CC6)[nH]4)c3c2)c1C.N[C@H]1CN2CCC1CC2. The Bertz CT molecular complexity index is 3960. The van der Waals surface area contributed by atoms with E-state index in [4.69, 9.17) is 20.3 Å². The molecule has 10 aliphatic heterocycles. The summed E-state index contributed by atoms with van der Waals surface area (Å²) in [6.07, 6.45) is 20.5. The minimum atomic E-state index is -0.578. The molecule has 1 unspecified atom stereocenters. The standard InChI is InChI=1S/C37H48N8O4.C27H32N8O.C7H14N2/c1-6-44(36(47)49-37(3,4)5)21-26-18-38-19-28(23(26)2)25-10-11-31-27(17-25)33(42-45(31)32-9-7-8-16-48-32)34-39-20-29(40-34)35(46)41-30-22-43-14-12-24(30)13-15-43;1-3-28-11-19-12-29-13-21(16(19)2)18-4-5-22-20(10-18)25(34-33-22)26-30-14-23(31-26)27(36)32-24-15-35-8-6-17(24)7-9-35;8-7-5-9-3-1-6(7)2-4-9/h10-11,17-20,24,30,32H,6-9,12-16,21-22H2,1-5H3,(H,39,40)(H,41,46);4-5,10,12-14,17,24,28H,3,6-9,11,15H2,1-2H3,(H,30,31)(H,32,36)(H,33,34);6-7H,1-5,8H2/t30-,32?;24-;7-/m000/s1. The number of fused-ring (bicyclic) bond motifs is 11. The predicted octanol–water partition coefficient (Wildman–Crippen LogP) is 9.37. The topological polar surface area (TPSA) is 274 Å². The first-order valence-electron chi connectivity index (χ1n) is 34.4. The van der Waals surface area contributed by atoms with E-state index in [0.717, 1.165) is 165 Å². The highest BCUT2D eigenvalue weighted by molar-refractivity contribution is 5.98. The van der Waals surface area contributed by atoms with Gasteiger partial charge < -0.3 is 60.7 Å². The van der Waals surface area contributed by atoms with E-state index in [-0.39, 0.29) is 36.2 Å². The second-order valence-electron chi connectivity index (χ2n) is 27.9. The van der Waals surface area contributed by atoms with Gasteiger partial charge in [0.1, 0.15) is 28.4 Å². The summed E-state index contributed by atoms with van der Waals surface area (Å²) in [5, 5.41) is 24.4. The Labute approximate surface area is 550 Å². The summed E-state index contributed by atoms with van der Waals surface area (Å²) in [6.45, 7) is 27.3. The van der Waals surface area contributed by atoms with Gasteiger partial charge in [0.2, 0.25) is 0 Å². The Hall–Kier alpha value is -7.93. The van der Waals surface area contributed by atoms with Gasteiger partial charge in [0, 0.05) is 104 Å². The third-order valence-electron chi connectivity index (χ3n) is 20.7. The lowest BCUT2D eigenvalue weighted by Gasteiger charge is -2.44. The van der Waals surface area contributed by atoms with Gasteiger partial charge in [-0.3, -0.25) is 24.7 Å². The van der Waals surface area contributed by atoms with Crippen LogP contribution in [-0.4, -0.2) is 190 Å². The molecule has 3 amide bonds. The van der Waals surface area contributed by atoms with Gasteiger partial charge in [0.25, 0.3) is 11.8 Å². The van der Waals surface area contributed by atoms with Crippen LogP contribution in [0.1, 0.15) is 142 Å². The van der Waals surface area contributed by atoms with E-state index in [2.05, 4.69) is 122 Å². The number of piperidine rings is 9.